The normalized spacial score (nSPS) is 9.55. The average Bonchev–Trinajstić information content (AvgIpc) is 2.32. The molecule has 0 aliphatic carbocycles. The van der Waals surface area contributed by atoms with Crippen molar-refractivity contribution in [3.05, 3.63) is 24.0 Å². The molecule has 11 heavy (non-hydrogen) atoms. The quantitative estimate of drug-likeness (QED) is 0.626. The third-order valence-corrected chi connectivity index (χ3v) is 1.34. The van der Waals surface area contributed by atoms with Gasteiger partial charge < -0.3 is 5.73 Å². The maximum absolute atomic E-state index is 10.8. The van der Waals surface area contributed by atoms with Crippen LogP contribution in [-0.4, -0.2) is 16.4 Å². The van der Waals surface area contributed by atoms with Crippen molar-refractivity contribution in [3.8, 4) is 0 Å². The fourth-order valence-corrected chi connectivity index (χ4v) is 0.856. The first kappa shape index (κ1) is 7.53. The van der Waals surface area contributed by atoms with Crippen LogP contribution in [0.4, 0.5) is 0 Å². The molecule has 0 radical (unpaired) electrons. The summed E-state index contributed by atoms with van der Waals surface area (Å²) in [5.41, 5.74) is 5.20. The van der Waals surface area contributed by atoms with Gasteiger partial charge in [-0.1, -0.05) is 0 Å². The zero-order chi connectivity index (χ0) is 8.43. The van der Waals surface area contributed by atoms with Gasteiger partial charge in [-0.2, -0.15) is 0 Å². The number of amides is 1. The predicted octanol–water partition coefficient (Wildman–Crippen LogP) is 0.247. The van der Waals surface area contributed by atoms with Crippen molar-refractivity contribution in [2.24, 2.45) is 5.73 Å². The summed E-state index contributed by atoms with van der Waals surface area (Å²) in [5, 5.41) is 0. The number of rotatable bonds is 1. The molecule has 0 aliphatic heterocycles. The van der Waals surface area contributed by atoms with Gasteiger partial charge in [0.05, 0.1) is 0 Å². The van der Waals surface area contributed by atoms with Gasteiger partial charge in [0, 0.05) is 13.1 Å². The third kappa shape index (κ3) is 1.29. The molecule has 4 nitrogen and oxygen atoms in total. The van der Waals surface area contributed by atoms with Gasteiger partial charge in [-0.3, -0.25) is 14.2 Å². The first-order valence-electron chi connectivity index (χ1n) is 3.11. The van der Waals surface area contributed by atoms with Crippen LogP contribution >= 0.6 is 0 Å². The van der Waals surface area contributed by atoms with E-state index in [-0.39, 0.29) is 11.6 Å². The highest BCUT2D eigenvalue weighted by Gasteiger charge is 2.08. The van der Waals surface area contributed by atoms with Gasteiger partial charge >= 0.3 is 0 Å². The lowest BCUT2D eigenvalue weighted by atomic mass is 10.4. The van der Waals surface area contributed by atoms with Crippen LogP contribution in [-0.2, 0) is 0 Å². The zero-order valence-electron chi connectivity index (χ0n) is 6.07. The van der Waals surface area contributed by atoms with E-state index in [0.29, 0.717) is 0 Å². The molecule has 0 fully saturated rings. The van der Waals surface area contributed by atoms with Crippen molar-refractivity contribution in [3.63, 3.8) is 0 Å². The van der Waals surface area contributed by atoms with Crippen LogP contribution in [0, 0.1) is 0 Å². The minimum Gasteiger partial charge on any atom is -0.364 e. The second kappa shape index (κ2) is 2.57. The lowest BCUT2D eigenvalue weighted by Crippen LogP contribution is -2.19. The summed E-state index contributed by atoms with van der Waals surface area (Å²) in [6.45, 7) is 1.37. The topological polar surface area (TPSA) is 65.1 Å². The molecule has 0 saturated heterocycles. The van der Waals surface area contributed by atoms with E-state index < -0.39 is 5.91 Å². The molecule has 0 aliphatic rings. The summed E-state index contributed by atoms with van der Waals surface area (Å²) in [6.07, 6.45) is 1.50. The monoisotopic (exact) mass is 152 g/mol. The summed E-state index contributed by atoms with van der Waals surface area (Å²) in [7, 11) is 0. The van der Waals surface area contributed by atoms with Crippen LogP contribution < -0.4 is 5.73 Å². The first-order chi connectivity index (χ1) is 5.13. The highest BCUT2D eigenvalue weighted by Crippen LogP contribution is 1.99. The predicted molar refractivity (Wildman–Crippen MR) is 39.3 cm³/mol. The minimum absolute atomic E-state index is 0.219. The Hall–Kier alpha value is -1.58. The first-order valence-corrected chi connectivity index (χ1v) is 3.11. The van der Waals surface area contributed by atoms with Crippen molar-refractivity contribution in [1.82, 2.24) is 4.57 Å². The molecular weight excluding hydrogens is 144 g/mol. The van der Waals surface area contributed by atoms with E-state index in [9.17, 15) is 9.59 Å². The smallest absolute Gasteiger partial charge is 0.265 e. The van der Waals surface area contributed by atoms with Crippen LogP contribution in [0.2, 0.25) is 0 Å². The number of hydrogen-bond donors (Lipinski definition) is 1. The average molecular weight is 152 g/mol. The second-order valence-corrected chi connectivity index (χ2v) is 2.15. The van der Waals surface area contributed by atoms with Gasteiger partial charge in [0.25, 0.3) is 5.91 Å². The van der Waals surface area contributed by atoms with Crippen LogP contribution in [0.5, 0.6) is 0 Å². The summed E-state index contributed by atoms with van der Waals surface area (Å²) < 4.78 is 1.21. The molecule has 1 aromatic rings. The molecule has 1 heterocycles. The number of primary amides is 1. The molecule has 0 aromatic carbocycles. The fraction of sp³-hybridized carbons (Fsp3) is 0.143. The van der Waals surface area contributed by atoms with Gasteiger partial charge in [0.1, 0.15) is 5.69 Å². The van der Waals surface area contributed by atoms with Crippen molar-refractivity contribution < 1.29 is 9.59 Å². The Morgan fingerprint density at radius 3 is 2.55 bits per heavy atom. The minimum atomic E-state index is -0.592. The highest BCUT2D eigenvalue weighted by molar-refractivity contribution is 5.95. The Morgan fingerprint density at radius 2 is 2.18 bits per heavy atom. The zero-order valence-corrected chi connectivity index (χ0v) is 6.07. The van der Waals surface area contributed by atoms with Gasteiger partial charge in [-0.05, 0) is 12.1 Å². The van der Waals surface area contributed by atoms with Gasteiger partial charge in [0.15, 0.2) is 0 Å². The number of carbonyl (C=O) groups excluding carboxylic acids is 2. The van der Waals surface area contributed by atoms with E-state index >= 15 is 0 Å². The van der Waals surface area contributed by atoms with Crippen LogP contribution in [0.15, 0.2) is 18.3 Å². The Bertz CT molecular complexity index is 273. The molecule has 1 amide bonds. The fourth-order valence-electron chi connectivity index (χ4n) is 0.856. The lowest BCUT2D eigenvalue weighted by Gasteiger charge is -1.98. The molecular formula is C7H8N2O2. The van der Waals surface area contributed by atoms with Crippen LogP contribution in [0.3, 0.4) is 0 Å². The molecule has 1 aromatic heterocycles. The Morgan fingerprint density at radius 1 is 1.55 bits per heavy atom. The Kier molecular flexibility index (Phi) is 1.76. The standard InChI is InChI=1S/C7H8N2O2/c1-5(10)9-4-2-3-6(9)7(8)11/h2-4H,1H3,(H2,8,11). The van der Waals surface area contributed by atoms with E-state index in [1.807, 2.05) is 0 Å². The van der Waals surface area contributed by atoms with E-state index in [1.165, 1.54) is 23.8 Å². The van der Waals surface area contributed by atoms with E-state index in [2.05, 4.69) is 0 Å². The van der Waals surface area contributed by atoms with E-state index in [0.717, 1.165) is 0 Å². The summed E-state index contributed by atoms with van der Waals surface area (Å²) in [6, 6.07) is 3.10. The molecule has 2 N–H and O–H groups in total. The second-order valence-electron chi connectivity index (χ2n) is 2.15. The lowest BCUT2D eigenvalue weighted by molar-refractivity contribution is 0.0905. The van der Waals surface area contributed by atoms with Crippen molar-refractivity contribution in [1.29, 1.82) is 0 Å². The number of hydrogen-bond acceptors (Lipinski definition) is 2. The van der Waals surface area contributed by atoms with Crippen molar-refractivity contribution >= 4 is 11.8 Å². The maximum atomic E-state index is 10.8. The van der Waals surface area contributed by atoms with Crippen molar-refractivity contribution in [2.75, 3.05) is 0 Å². The molecule has 0 saturated carbocycles. The number of nitrogens with two attached hydrogens (primary N) is 1. The van der Waals surface area contributed by atoms with E-state index in [4.69, 9.17) is 5.73 Å². The molecule has 0 bridgehead atoms. The molecule has 0 spiro atoms. The van der Waals surface area contributed by atoms with Crippen molar-refractivity contribution in [2.45, 2.75) is 6.92 Å². The summed E-state index contributed by atoms with van der Waals surface area (Å²) >= 11 is 0. The van der Waals surface area contributed by atoms with Gasteiger partial charge in [0.2, 0.25) is 5.91 Å². The number of carbonyl (C=O) groups is 2. The molecule has 0 atom stereocenters. The summed E-state index contributed by atoms with van der Waals surface area (Å²) in [5.74, 6) is -0.811. The van der Waals surface area contributed by atoms with E-state index in [1.54, 1.807) is 6.07 Å². The van der Waals surface area contributed by atoms with Gasteiger partial charge in [-0.25, -0.2) is 0 Å². The number of nitrogens with zero attached hydrogens (tertiary/aromatic N) is 1. The molecule has 1 rings (SSSR count). The third-order valence-electron chi connectivity index (χ3n) is 1.34. The largest absolute Gasteiger partial charge is 0.364 e. The number of aromatic nitrogens is 1. The van der Waals surface area contributed by atoms with Crippen LogP contribution in [0.25, 0.3) is 0 Å². The SMILES string of the molecule is CC(=O)n1cccc1C(N)=O. The molecule has 58 valence electrons. The van der Waals surface area contributed by atoms with Crippen LogP contribution in [0.1, 0.15) is 22.2 Å². The molecule has 4 heteroatoms. The highest BCUT2D eigenvalue weighted by atomic mass is 16.2. The maximum Gasteiger partial charge on any atom is 0.265 e. The Labute approximate surface area is 63.6 Å². The Balaban J connectivity index is 3.16. The van der Waals surface area contributed by atoms with Gasteiger partial charge in [-0.15, -0.1) is 0 Å². The summed E-state index contributed by atoms with van der Waals surface area (Å²) in [4.78, 5) is 21.4. The molecule has 0 unspecified atom stereocenters.